The van der Waals surface area contributed by atoms with Crippen LogP contribution in [0.1, 0.15) is 113 Å². The number of amides is 2. The van der Waals surface area contributed by atoms with Gasteiger partial charge in [-0.3, -0.25) is 19.2 Å². The Labute approximate surface area is 463 Å². The van der Waals surface area contributed by atoms with Gasteiger partial charge in [0.05, 0.1) is 50.3 Å². The molecule has 400 valence electrons. The third-order valence-electron chi connectivity index (χ3n) is 13.3. The van der Waals surface area contributed by atoms with Crippen LogP contribution in [0.3, 0.4) is 0 Å². The monoisotopic (exact) mass is 1130 g/mol. The summed E-state index contributed by atoms with van der Waals surface area (Å²) >= 11 is 28.4. The van der Waals surface area contributed by atoms with E-state index in [0.29, 0.717) is 54.9 Å². The van der Waals surface area contributed by atoms with Gasteiger partial charge in [-0.15, -0.1) is 0 Å². The van der Waals surface area contributed by atoms with Crippen LogP contribution in [0.4, 0.5) is 0 Å². The van der Waals surface area contributed by atoms with Gasteiger partial charge in [0.2, 0.25) is 0 Å². The molecule has 2 amide bonds. The Morgan fingerprint density at radius 1 is 0.581 bits per heavy atom. The summed E-state index contributed by atoms with van der Waals surface area (Å²) in [6, 6.07) is 28.7. The molecule has 4 aliphatic rings. The zero-order valence-corrected chi connectivity index (χ0v) is 47.1. The smallest absolute Gasteiger partial charge is 0.308 e. The van der Waals surface area contributed by atoms with Gasteiger partial charge < -0.3 is 39.0 Å². The molecular formula is C56H66Cl4N2O10S2. The van der Waals surface area contributed by atoms with Crippen LogP contribution in [0.2, 0.25) is 20.1 Å². The molecule has 12 nitrogen and oxygen atoms in total. The summed E-state index contributed by atoms with van der Waals surface area (Å²) in [4.78, 5) is 56.6. The summed E-state index contributed by atoms with van der Waals surface area (Å²) in [5, 5.41) is 22.9. The van der Waals surface area contributed by atoms with Crippen LogP contribution in [0, 0.1) is 11.8 Å². The van der Waals surface area contributed by atoms with Crippen LogP contribution < -0.4 is 0 Å². The number of halogens is 4. The number of esters is 2. The number of rotatable bonds is 20. The van der Waals surface area contributed by atoms with Gasteiger partial charge in [0.1, 0.15) is 24.4 Å². The summed E-state index contributed by atoms with van der Waals surface area (Å²) in [5.74, 6) is 1.62. The lowest BCUT2D eigenvalue weighted by Gasteiger charge is -2.48. The molecule has 0 unspecified atom stereocenters. The van der Waals surface area contributed by atoms with Gasteiger partial charge in [-0.2, -0.15) is 23.5 Å². The average molecular weight is 1130 g/mol. The van der Waals surface area contributed by atoms with E-state index in [1.54, 1.807) is 63.4 Å². The molecule has 0 spiro atoms. The number of hydrogen-bond donors (Lipinski definition) is 2. The number of aliphatic hydroxyl groups is 2. The molecule has 0 radical (unpaired) electrons. The lowest BCUT2D eigenvalue weighted by Crippen LogP contribution is -2.56. The van der Waals surface area contributed by atoms with Crippen LogP contribution >= 0.6 is 69.9 Å². The van der Waals surface area contributed by atoms with Gasteiger partial charge in [-0.25, -0.2) is 0 Å². The molecule has 2 saturated heterocycles. The minimum atomic E-state index is -0.986. The molecule has 2 aliphatic carbocycles. The summed E-state index contributed by atoms with van der Waals surface area (Å²) in [6.45, 7) is 7.13. The fourth-order valence-corrected chi connectivity index (χ4v) is 12.8. The number of thioether (sulfide) groups is 2. The average Bonchev–Trinajstić information content (AvgIpc) is 4.30. The Hall–Kier alpha value is -3.54. The van der Waals surface area contributed by atoms with E-state index >= 15 is 0 Å². The quantitative estimate of drug-likeness (QED) is 0.0810. The summed E-state index contributed by atoms with van der Waals surface area (Å²) < 4.78 is 22.6. The van der Waals surface area contributed by atoms with E-state index in [-0.39, 0.29) is 36.7 Å². The standard InChI is InChI=1S/2C28H33Cl2NO5S/c2*1-28(2,34)16-37-15-22(17-7-8-17)31-25(18-9-11-20(29)12-10-18)26(19-5-4-6-21(30)13-19)36-23(27(31)33)14-24(32)35-3/h2*4-6,9-13,17,22-23,25-26,34H,7-8,14-16H2,1-3H3/t22-,23+,25-,26-;22-,23-,25-,26-/m11/s1. The van der Waals surface area contributed by atoms with Crippen molar-refractivity contribution < 1.29 is 48.3 Å². The molecule has 18 heteroatoms. The maximum absolute atomic E-state index is 14.1. The molecule has 0 aromatic heterocycles. The topological polar surface area (TPSA) is 152 Å². The second-order valence-electron chi connectivity index (χ2n) is 20.7. The van der Waals surface area contributed by atoms with E-state index in [4.69, 9.17) is 65.4 Å². The molecule has 2 N–H and O–H groups in total. The number of methoxy groups -OCH3 is 2. The van der Waals surface area contributed by atoms with Crippen LogP contribution in [0.5, 0.6) is 0 Å². The molecule has 8 atom stereocenters. The number of morpholine rings is 2. The molecule has 2 saturated carbocycles. The van der Waals surface area contributed by atoms with Crippen LogP contribution in [-0.2, 0) is 38.1 Å². The van der Waals surface area contributed by atoms with Crippen molar-refractivity contribution in [1.82, 2.24) is 9.80 Å². The van der Waals surface area contributed by atoms with E-state index in [2.05, 4.69) is 0 Å². The van der Waals surface area contributed by atoms with Gasteiger partial charge in [-0.05, 0) is 136 Å². The first kappa shape index (κ1) is 58.1. The zero-order valence-electron chi connectivity index (χ0n) is 42.5. The highest BCUT2D eigenvalue weighted by Gasteiger charge is 2.52. The van der Waals surface area contributed by atoms with E-state index < -0.39 is 59.6 Å². The summed E-state index contributed by atoms with van der Waals surface area (Å²) in [7, 11) is 2.61. The SMILES string of the molecule is COC(=O)C[C@@H]1O[C@H](c2cccc(Cl)c2)[C@@H](c2ccc(Cl)cc2)N([C@H](CSCC(C)(C)O)C2CC2)C1=O.COC(=O)C[C@H]1O[C@H](c2cccc(Cl)c2)[C@@H](c2ccc(Cl)cc2)N([C@H](CSCC(C)(C)O)C2CC2)C1=O. The highest BCUT2D eigenvalue weighted by atomic mass is 35.5. The first-order valence-corrected chi connectivity index (χ1v) is 28.7. The molecule has 2 heterocycles. The maximum atomic E-state index is 14.1. The predicted octanol–water partition coefficient (Wildman–Crippen LogP) is 11.7. The van der Waals surface area contributed by atoms with Gasteiger partial charge in [-0.1, -0.05) is 94.9 Å². The van der Waals surface area contributed by atoms with Crippen LogP contribution in [-0.4, -0.2) is 116 Å². The third-order valence-corrected chi connectivity index (χ3v) is 17.3. The molecule has 4 aromatic rings. The Balaban J connectivity index is 0.000000216. The van der Waals surface area contributed by atoms with Crippen LogP contribution in [0.25, 0.3) is 0 Å². The van der Waals surface area contributed by atoms with Crippen molar-refractivity contribution in [3.8, 4) is 0 Å². The lowest BCUT2D eigenvalue weighted by molar-refractivity contribution is -0.183. The molecule has 0 bridgehead atoms. The van der Waals surface area contributed by atoms with Crippen molar-refractivity contribution in [2.75, 3.05) is 37.2 Å². The van der Waals surface area contributed by atoms with Gasteiger partial charge >= 0.3 is 11.9 Å². The van der Waals surface area contributed by atoms with Crippen molar-refractivity contribution in [2.45, 2.75) is 126 Å². The molecule has 2 aliphatic heterocycles. The number of nitrogens with zero attached hydrogens (tertiary/aromatic N) is 2. The molecule has 4 aromatic carbocycles. The Morgan fingerprint density at radius 3 is 1.23 bits per heavy atom. The number of ether oxygens (including phenoxy) is 4. The minimum absolute atomic E-state index is 0.0914. The maximum Gasteiger partial charge on any atom is 0.308 e. The second-order valence-corrected chi connectivity index (χ2v) is 24.5. The number of hydrogen-bond acceptors (Lipinski definition) is 12. The van der Waals surface area contributed by atoms with Crippen molar-refractivity contribution in [2.24, 2.45) is 11.8 Å². The molecule has 4 fully saturated rings. The van der Waals surface area contributed by atoms with E-state index in [1.165, 1.54) is 14.2 Å². The summed E-state index contributed by atoms with van der Waals surface area (Å²) in [5.41, 5.74) is 1.77. The van der Waals surface area contributed by atoms with Crippen molar-refractivity contribution in [3.63, 3.8) is 0 Å². The lowest BCUT2D eigenvalue weighted by atomic mass is 9.89. The van der Waals surface area contributed by atoms with E-state index in [0.717, 1.165) is 47.9 Å². The Morgan fingerprint density at radius 2 is 0.932 bits per heavy atom. The van der Waals surface area contributed by atoms with Gasteiger partial charge in [0.25, 0.3) is 11.8 Å². The normalized spacial score (nSPS) is 23.1. The minimum Gasteiger partial charge on any atom is -0.469 e. The third kappa shape index (κ3) is 15.8. The summed E-state index contributed by atoms with van der Waals surface area (Å²) in [6.07, 6.45) is 0.644. The number of benzene rings is 4. The Kier molecular flexibility index (Phi) is 20.2. The van der Waals surface area contributed by atoms with Gasteiger partial charge in [0.15, 0.2) is 0 Å². The first-order chi connectivity index (χ1) is 35.1. The van der Waals surface area contributed by atoms with E-state index in [1.807, 2.05) is 94.7 Å². The molecule has 8 rings (SSSR count). The first-order valence-electron chi connectivity index (χ1n) is 24.9. The van der Waals surface area contributed by atoms with Gasteiger partial charge in [0, 0.05) is 55.2 Å². The molecule has 74 heavy (non-hydrogen) atoms. The fraction of sp³-hybridized carbons (Fsp3) is 0.500. The molecular weight excluding hydrogens is 1070 g/mol. The highest BCUT2D eigenvalue weighted by Crippen LogP contribution is 2.51. The fourth-order valence-electron chi connectivity index (χ4n) is 9.58. The zero-order chi connectivity index (χ0) is 53.5. The van der Waals surface area contributed by atoms with E-state index in [9.17, 15) is 29.4 Å². The predicted molar refractivity (Wildman–Crippen MR) is 294 cm³/mol. The van der Waals surface area contributed by atoms with Crippen LogP contribution in [0.15, 0.2) is 97.1 Å². The van der Waals surface area contributed by atoms with Crippen molar-refractivity contribution in [3.05, 3.63) is 139 Å². The highest BCUT2D eigenvalue weighted by molar-refractivity contribution is 7.99. The second kappa shape index (κ2) is 25.7. The van der Waals surface area contributed by atoms with Crippen molar-refractivity contribution in [1.29, 1.82) is 0 Å². The number of carbonyl (C=O) groups is 4. The van der Waals surface area contributed by atoms with Crippen molar-refractivity contribution >= 4 is 93.7 Å². The number of carbonyl (C=O) groups excluding carboxylic acids is 4. The largest absolute Gasteiger partial charge is 0.469 e. The Bertz CT molecular complexity index is 2380.